The second-order valence-electron chi connectivity index (χ2n) is 3.26. The van der Waals surface area contributed by atoms with Gasteiger partial charge in [0.05, 0.1) is 5.69 Å². The Morgan fingerprint density at radius 1 is 1.24 bits per heavy atom. The second kappa shape index (κ2) is 3.85. The van der Waals surface area contributed by atoms with E-state index in [1.54, 1.807) is 0 Å². The van der Waals surface area contributed by atoms with Crippen molar-refractivity contribution in [1.82, 2.24) is 10.2 Å². The lowest BCUT2D eigenvalue weighted by Gasteiger charge is -2.01. The van der Waals surface area contributed by atoms with E-state index in [9.17, 15) is 18.4 Å². The fourth-order valence-corrected chi connectivity index (χ4v) is 1.45. The van der Waals surface area contributed by atoms with E-state index in [1.165, 1.54) is 0 Å². The first-order valence-electron chi connectivity index (χ1n) is 4.50. The van der Waals surface area contributed by atoms with Gasteiger partial charge in [-0.15, -0.1) is 0 Å². The fraction of sp³-hybridized carbons (Fsp3) is 0. The van der Waals surface area contributed by atoms with Crippen LogP contribution in [-0.2, 0) is 0 Å². The van der Waals surface area contributed by atoms with Gasteiger partial charge in [0, 0.05) is 5.56 Å². The molecule has 7 heteroatoms. The average Bonchev–Trinajstić information content (AvgIpc) is 2.64. The Balaban J connectivity index is 2.73. The van der Waals surface area contributed by atoms with Gasteiger partial charge in [0.25, 0.3) is 5.56 Å². The average molecular weight is 240 g/mol. The highest BCUT2D eigenvalue weighted by Crippen LogP contribution is 2.23. The summed E-state index contributed by atoms with van der Waals surface area (Å²) in [6.07, 6.45) is 0. The summed E-state index contributed by atoms with van der Waals surface area (Å²) in [6, 6.07) is 2.55. The first kappa shape index (κ1) is 11.1. The van der Waals surface area contributed by atoms with Crippen molar-refractivity contribution in [1.29, 1.82) is 0 Å². The predicted molar refractivity (Wildman–Crippen MR) is 53.7 cm³/mol. The fourth-order valence-electron chi connectivity index (χ4n) is 1.45. The van der Waals surface area contributed by atoms with Crippen LogP contribution in [0, 0.1) is 11.6 Å². The molecule has 0 amide bonds. The summed E-state index contributed by atoms with van der Waals surface area (Å²) >= 11 is 0. The molecule has 0 unspecified atom stereocenters. The van der Waals surface area contributed by atoms with E-state index in [2.05, 4.69) is 5.10 Å². The van der Waals surface area contributed by atoms with Crippen LogP contribution in [0.25, 0.3) is 11.3 Å². The van der Waals surface area contributed by atoms with E-state index in [0.29, 0.717) is 0 Å². The number of nitrogens with one attached hydrogen (secondary N) is 2. The van der Waals surface area contributed by atoms with Crippen molar-refractivity contribution < 1.29 is 18.7 Å². The number of carbonyl (C=O) groups is 1. The number of carboxylic acids is 1. The molecule has 1 aromatic heterocycles. The molecular weight excluding hydrogens is 234 g/mol. The lowest BCUT2D eigenvalue weighted by atomic mass is 10.1. The molecular formula is C10H6F2N2O3. The molecule has 0 fully saturated rings. The van der Waals surface area contributed by atoms with Gasteiger partial charge in [-0.2, -0.15) is 0 Å². The van der Waals surface area contributed by atoms with Gasteiger partial charge in [-0.05, 0) is 18.2 Å². The highest BCUT2D eigenvalue weighted by Gasteiger charge is 2.21. The van der Waals surface area contributed by atoms with Crippen LogP contribution in [-0.4, -0.2) is 21.3 Å². The molecule has 0 saturated carbocycles. The lowest BCUT2D eigenvalue weighted by molar-refractivity contribution is 0.0696. The van der Waals surface area contributed by atoms with E-state index >= 15 is 0 Å². The molecule has 88 valence electrons. The smallest absolute Gasteiger partial charge is 0.343 e. The van der Waals surface area contributed by atoms with Crippen molar-refractivity contribution in [3.63, 3.8) is 0 Å². The highest BCUT2D eigenvalue weighted by atomic mass is 19.1. The number of H-pyrrole nitrogens is 2. The molecule has 0 spiro atoms. The standard InChI is InChI=1S/C10H6F2N2O3/c11-4-1-2-6(12)5(3-4)8-7(10(16)17)9(15)14-13-8/h1-3H,(H,16,17)(H2,13,14,15). The van der Waals surface area contributed by atoms with Crippen molar-refractivity contribution >= 4 is 5.97 Å². The SMILES string of the molecule is O=C(O)c1c(-c2cc(F)ccc2F)[nH][nH]c1=O. The molecule has 1 heterocycles. The normalized spacial score (nSPS) is 10.5. The summed E-state index contributed by atoms with van der Waals surface area (Å²) in [4.78, 5) is 22.0. The maximum atomic E-state index is 13.4. The van der Waals surface area contributed by atoms with Gasteiger partial charge in [0.1, 0.15) is 11.6 Å². The highest BCUT2D eigenvalue weighted by molar-refractivity contribution is 5.94. The Kier molecular flexibility index (Phi) is 2.51. The maximum Gasteiger partial charge on any atom is 0.343 e. The minimum Gasteiger partial charge on any atom is -0.477 e. The number of carboxylic acid groups (broad SMARTS) is 1. The summed E-state index contributed by atoms with van der Waals surface area (Å²) in [5.41, 5.74) is -2.18. The minimum atomic E-state index is -1.52. The van der Waals surface area contributed by atoms with Gasteiger partial charge in [0.2, 0.25) is 0 Å². The molecule has 0 bridgehead atoms. The number of aromatic amines is 2. The molecule has 0 aliphatic rings. The molecule has 0 aliphatic heterocycles. The van der Waals surface area contributed by atoms with Gasteiger partial charge in [-0.25, -0.2) is 13.6 Å². The Labute approximate surface area is 92.7 Å². The molecule has 17 heavy (non-hydrogen) atoms. The molecule has 2 aromatic rings. The zero-order valence-corrected chi connectivity index (χ0v) is 8.25. The van der Waals surface area contributed by atoms with Crippen LogP contribution in [0.4, 0.5) is 8.78 Å². The zero-order chi connectivity index (χ0) is 12.6. The third kappa shape index (κ3) is 1.82. The van der Waals surface area contributed by atoms with Crippen LogP contribution in [0.3, 0.4) is 0 Å². The number of hydrogen-bond donors (Lipinski definition) is 3. The molecule has 0 atom stereocenters. The van der Waals surface area contributed by atoms with Crippen LogP contribution in [0.2, 0.25) is 0 Å². The van der Waals surface area contributed by atoms with Crippen molar-refractivity contribution in [2.24, 2.45) is 0 Å². The number of rotatable bonds is 2. The second-order valence-corrected chi connectivity index (χ2v) is 3.26. The molecule has 1 aromatic carbocycles. The first-order chi connectivity index (χ1) is 8.00. The quantitative estimate of drug-likeness (QED) is 0.740. The Morgan fingerprint density at radius 2 is 1.94 bits per heavy atom. The summed E-state index contributed by atoms with van der Waals surface area (Å²) < 4.78 is 26.4. The van der Waals surface area contributed by atoms with Crippen LogP contribution in [0.5, 0.6) is 0 Å². The maximum absolute atomic E-state index is 13.4. The van der Waals surface area contributed by atoms with E-state index in [-0.39, 0.29) is 11.3 Å². The molecule has 0 aliphatic carbocycles. The van der Waals surface area contributed by atoms with Crippen molar-refractivity contribution in [2.45, 2.75) is 0 Å². The number of aromatic nitrogens is 2. The van der Waals surface area contributed by atoms with E-state index in [0.717, 1.165) is 18.2 Å². The van der Waals surface area contributed by atoms with Crippen LogP contribution in [0.15, 0.2) is 23.0 Å². The molecule has 2 rings (SSSR count). The number of halogens is 2. The summed E-state index contributed by atoms with van der Waals surface area (Å²) in [6.45, 7) is 0. The zero-order valence-electron chi connectivity index (χ0n) is 8.25. The van der Waals surface area contributed by atoms with E-state index in [1.807, 2.05) is 5.10 Å². The Hall–Kier alpha value is -2.44. The van der Waals surface area contributed by atoms with E-state index < -0.39 is 28.7 Å². The van der Waals surface area contributed by atoms with Crippen LogP contribution < -0.4 is 5.56 Å². The van der Waals surface area contributed by atoms with Crippen molar-refractivity contribution in [3.05, 3.63) is 45.8 Å². The number of aromatic carboxylic acids is 1. The number of benzene rings is 1. The van der Waals surface area contributed by atoms with Gasteiger partial charge < -0.3 is 5.11 Å². The van der Waals surface area contributed by atoms with Crippen LogP contribution in [0.1, 0.15) is 10.4 Å². The first-order valence-corrected chi connectivity index (χ1v) is 4.50. The lowest BCUT2D eigenvalue weighted by Crippen LogP contribution is -2.12. The van der Waals surface area contributed by atoms with Crippen molar-refractivity contribution in [3.8, 4) is 11.3 Å². The minimum absolute atomic E-state index is 0.292. The topological polar surface area (TPSA) is 85.9 Å². The Morgan fingerprint density at radius 3 is 2.59 bits per heavy atom. The number of hydrogen-bond acceptors (Lipinski definition) is 2. The predicted octanol–water partition coefficient (Wildman–Crippen LogP) is 1.35. The molecule has 3 N–H and O–H groups in total. The molecule has 0 radical (unpaired) electrons. The van der Waals surface area contributed by atoms with Crippen LogP contribution >= 0.6 is 0 Å². The Bertz CT molecular complexity index is 645. The summed E-state index contributed by atoms with van der Waals surface area (Å²) in [7, 11) is 0. The largest absolute Gasteiger partial charge is 0.477 e. The van der Waals surface area contributed by atoms with E-state index in [4.69, 9.17) is 5.11 Å². The molecule has 5 nitrogen and oxygen atoms in total. The molecule has 0 saturated heterocycles. The third-order valence-electron chi connectivity index (χ3n) is 2.19. The monoisotopic (exact) mass is 240 g/mol. The third-order valence-corrected chi connectivity index (χ3v) is 2.19. The van der Waals surface area contributed by atoms with Gasteiger partial charge in [0.15, 0.2) is 5.56 Å². The van der Waals surface area contributed by atoms with Gasteiger partial charge in [-0.3, -0.25) is 15.0 Å². The van der Waals surface area contributed by atoms with Gasteiger partial charge >= 0.3 is 5.97 Å². The van der Waals surface area contributed by atoms with Gasteiger partial charge in [-0.1, -0.05) is 0 Å². The van der Waals surface area contributed by atoms with Crippen molar-refractivity contribution in [2.75, 3.05) is 0 Å². The summed E-state index contributed by atoms with van der Waals surface area (Å²) in [5, 5.41) is 13.0. The summed E-state index contributed by atoms with van der Waals surface area (Å²) in [5.74, 6) is -3.09.